The lowest BCUT2D eigenvalue weighted by Crippen LogP contribution is -2.32. The predicted molar refractivity (Wildman–Crippen MR) is 111 cm³/mol. The van der Waals surface area contributed by atoms with E-state index in [1.54, 1.807) is 24.3 Å². The summed E-state index contributed by atoms with van der Waals surface area (Å²) in [5.74, 6) is -0.768. The number of carbonyl (C=O) groups excluding carboxylic acids is 2. The van der Waals surface area contributed by atoms with E-state index in [2.05, 4.69) is 33.0 Å². The Morgan fingerprint density at radius 3 is 2.46 bits per heavy atom. The predicted octanol–water partition coefficient (Wildman–Crippen LogP) is 4.19. The average molecular weight is 415 g/mol. The van der Waals surface area contributed by atoms with Crippen LogP contribution < -0.4 is 10.6 Å². The largest absolute Gasteiger partial charge is 0.347 e. The van der Waals surface area contributed by atoms with E-state index in [1.165, 1.54) is 5.56 Å². The van der Waals surface area contributed by atoms with Gasteiger partial charge in [0.05, 0.1) is 0 Å². The van der Waals surface area contributed by atoms with Gasteiger partial charge in [-0.3, -0.25) is 9.59 Å². The number of anilines is 1. The minimum atomic E-state index is -0.434. The maximum absolute atomic E-state index is 12.4. The number of amides is 2. The molecule has 0 aliphatic rings. The molecule has 0 saturated carbocycles. The third kappa shape index (κ3) is 5.61. The molecule has 3 aromatic rings. The number of nitrogens with one attached hydrogen (secondary N) is 2. The van der Waals surface area contributed by atoms with Gasteiger partial charge in [0.15, 0.2) is 0 Å². The van der Waals surface area contributed by atoms with Crippen molar-refractivity contribution in [2.45, 2.75) is 25.8 Å². The summed E-state index contributed by atoms with van der Waals surface area (Å²) in [5, 5.41) is 14.0. The first-order valence-electron chi connectivity index (χ1n) is 8.76. The van der Waals surface area contributed by atoms with Crippen molar-refractivity contribution in [2.24, 2.45) is 0 Å². The molecule has 3 rings (SSSR count). The van der Waals surface area contributed by atoms with Gasteiger partial charge in [0.2, 0.25) is 10.0 Å². The van der Waals surface area contributed by atoms with Crippen LogP contribution in [0.15, 0.2) is 54.6 Å². The third-order valence-corrected chi connectivity index (χ3v) is 5.14. The Morgan fingerprint density at radius 2 is 1.75 bits per heavy atom. The summed E-state index contributed by atoms with van der Waals surface area (Å²) < 4.78 is 0. The van der Waals surface area contributed by atoms with Crippen molar-refractivity contribution < 1.29 is 9.59 Å². The normalized spacial score (nSPS) is 11.6. The minimum Gasteiger partial charge on any atom is -0.347 e. The van der Waals surface area contributed by atoms with Crippen molar-refractivity contribution in [1.29, 1.82) is 0 Å². The Bertz CT molecular complexity index is 962. The lowest BCUT2D eigenvalue weighted by molar-refractivity contribution is 0.0936. The number of carbonyl (C=O) groups is 2. The molecule has 0 aliphatic carbocycles. The first-order chi connectivity index (χ1) is 13.5. The molecule has 0 saturated heterocycles. The molecule has 0 unspecified atom stereocenters. The second kappa shape index (κ2) is 9.43. The van der Waals surface area contributed by atoms with Crippen LogP contribution in [-0.4, -0.2) is 28.1 Å². The van der Waals surface area contributed by atoms with Gasteiger partial charge in [-0.05, 0) is 43.5 Å². The minimum absolute atomic E-state index is 0.0275. The fourth-order valence-corrected chi connectivity index (χ4v) is 3.38. The fourth-order valence-electron chi connectivity index (χ4n) is 2.54. The zero-order chi connectivity index (χ0) is 19.9. The molecule has 1 aromatic heterocycles. The zero-order valence-electron chi connectivity index (χ0n) is 15.2. The topological polar surface area (TPSA) is 84.0 Å². The van der Waals surface area contributed by atoms with Crippen molar-refractivity contribution in [3.63, 3.8) is 0 Å². The van der Waals surface area contributed by atoms with E-state index in [1.807, 2.05) is 25.1 Å². The van der Waals surface area contributed by atoms with Crippen molar-refractivity contribution in [2.75, 3.05) is 5.32 Å². The molecule has 0 spiro atoms. The molecule has 0 radical (unpaired) electrons. The lowest BCUT2D eigenvalue weighted by atomic mass is 10.1. The van der Waals surface area contributed by atoms with Crippen LogP contribution in [0.25, 0.3) is 0 Å². The van der Waals surface area contributed by atoms with Gasteiger partial charge in [0.25, 0.3) is 11.8 Å². The van der Waals surface area contributed by atoms with Crippen LogP contribution in [-0.2, 0) is 6.42 Å². The van der Waals surface area contributed by atoms with E-state index in [0.717, 1.165) is 24.2 Å². The smallest absolute Gasteiger partial charge is 0.286 e. The van der Waals surface area contributed by atoms with Crippen LogP contribution in [0.5, 0.6) is 0 Å². The van der Waals surface area contributed by atoms with Gasteiger partial charge in [0, 0.05) is 16.8 Å². The second-order valence-electron chi connectivity index (χ2n) is 6.28. The number of rotatable bonds is 7. The fraction of sp³-hybridized carbons (Fsp3) is 0.200. The monoisotopic (exact) mass is 414 g/mol. The van der Waals surface area contributed by atoms with Crippen LogP contribution in [0.1, 0.15) is 38.5 Å². The number of benzene rings is 2. The number of aryl methyl sites for hydroxylation is 1. The summed E-state index contributed by atoms with van der Waals surface area (Å²) in [6, 6.07) is 16.8. The van der Waals surface area contributed by atoms with Crippen LogP contribution in [0.2, 0.25) is 5.02 Å². The quantitative estimate of drug-likeness (QED) is 0.607. The SMILES string of the molecule is C[C@@H](CCc1ccccc1)NC(=O)c1nnc(C(=O)Nc2cccc(Cl)c2)s1. The van der Waals surface area contributed by atoms with Crippen molar-refractivity contribution in [1.82, 2.24) is 15.5 Å². The summed E-state index contributed by atoms with van der Waals surface area (Å²) in [6.45, 7) is 1.94. The highest BCUT2D eigenvalue weighted by Gasteiger charge is 2.19. The first-order valence-corrected chi connectivity index (χ1v) is 9.96. The van der Waals surface area contributed by atoms with Crippen LogP contribution in [0.4, 0.5) is 5.69 Å². The maximum atomic E-state index is 12.4. The molecule has 1 atom stereocenters. The highest BCUT2D eigenvalue weighted by molar-refractivity contribution is 7.15. The summed E-state index contributed by atoms with van der Waals surface area (Å²) in [7, 11) is 0. The van der Waals surface area contributed by atoms with Gasteiger partial charge in [-0.25, -0.2) is 0 Å². The highest BCUT2D eigenvalue weighted by Crippen LogP contribution is 2.17. The molecule has 2 aromatic carbocycles. The van der Waals surface area contributed by atoms with E-state index in [0.29, 0.717) is 10.7 Å². The summed E-state index contributed by atoms with van der Waals surface area (Å²) in [5.41, 5.74) is 1.77. The second-order valence-corrected chi connectivity index (χ2v) is 7.69. The summed E-state index contributed by atoms with van der Waals surface area (Å²) in [4.78, 5) is 24.6. The molecule has 8 heteroatoms. The molecule has 0 aliphatic heterocycles. The van der Waals surface area contributed by atoms with Crippen LogP contribution in [0, 0.1) is 0 Å². The van der Waals surface area contributed by atoms with Gasteiger partial charge in [-0.15, -0.1) is 10.2 Å². The van der Waals surface area contributed by atoms with Crippen LogP contribution >= 0.6 is 22.9 Å². The average Bonchev–Trinajstić information content (AvgIpc) is 3.18. The van der Waals surface area contributed by atoms with Crippen LogP contribution in [0.3, 0.4) is 0 Å². The van der Waals surface area contributed by atoms with Gasteiger partial charge in [0.1, 0.15) is 0 Å². The number of halogens is 1. The summed E-state index contributed by atoms with van der Waals surface area (Å²) in [6.07, 6.45) is 1.67. The molecule has 144 valence electrons. The van der Waals surface area contributed by atoms with Crippen molar-refractivity contribution in [3.05, 3.63) is 75.2 Å². The Labute approximate surface area is 172 Å². The Kier molecular flexibility index (Phi) is 6.73. The summed E-state index contributed by atoms with van der Waals surface area (Å²) >= 11 is 6.85. The Balaban J connectivity index is 1.53. The standard InChI is InChI=1S/C20H19ClN4O2S/c1-13(10-11-14-6-3-2-4-7-14)22-17(26)19-24-25-20(28-19)18(27)23-16-9-5-8-15(21)12-16/h2-9,12-13H,10-11H2,1H3,(H,22,26)(H,23,27)/t13-/m0/s1. The number of aromatic nitrogens is 2. The molecule has 28 heavy (non-hydrogen) atoms. The third-order valence-electron chi connectivity index (χ3n) is 3.98. The number of nitrogens with zero attached hydrogens (tertiary/aromatic N) is 2. The molecular formula is C20H19ClN4O2S. The van der Waals surface area contributed by atoms with Gasteiger partial charge in [-0.1, -0.05) is 59.3 Å². The number of hydrogen-bond acceptors (Lipinski definition) is 5. The molecule has 0 fully saturated rings. The van der Waals surface area contributed by atoms with Crippen molar-refractivity contribution >= 4 is 40.4 Å². The van der Waals surface area contributed by atoms with E-state index in [-0.39, 0.29) is 22.0 Å². The molecule has 1 heterocycles. The molecule has 0 bridgehead atoms. The molecule has 2 N–H and O–H groups in total. The van der Waals surface area contributed by atoms with E-state index < -0.39 is 5.91 Å². The van der Waals surface area contributed by atoms with E-state index >= 15 is 0 Å². The van der Waals surface area contributed by atoms with E-state index in [9.17, 15) is 9.59 Å². The van der Waals surface area contributed by atoms with Crippen molar-refractivity contribution in [3.8, 4) is 0 Å². The zero-order valence-corrected chi connectivity index (χ0v) is 16.8. The Hall–Kier alpha value is -2.77. The van der Waals surface area contributed by atoms with Gasteiger partial charge >= 0.3 is 0 Å². The lowest BCUT2D eigenvalue weighted by Gasteiger charge is -2.12. The first kappa shape index (κ1) is 20.0. The Morgan fingerprint density at radius 1 is 1.04 bits per heavy atom. The van der Waals surface area contributed by atoms with Gasteiger partial charge in [-0.2, -0.15) is 0 Å². The number of hydrogen-bond donors (Lipinski definition) is 2. The maximum Gasteiger partial charge on any atom is 0.286 e. The molecular weight excluding hydrogens is 396 g/mol. The van der Waals surface area contributed by atoms with Gasteiger partial charge < -0.3 is 10.6 Å². The molecule has 2 amide bonds. The molecule has 6 nitrogen and oxygen atoms in total. The highest BCUT2D eigenvalue weighted by atomic mass is 35.5. The van der Waals surface area contributed by atoms with E-state index in [4.69, 9.17) is 11.6 Å².